The summed E-state index contributed by atoms with van der Waals surface area (Å²) in [6.07, 6.45) is 8.82. The van der Waals surface area contributed by atoms with Gasteiger partial charge in [0.25, 0.3) is 0 Å². The van der Waals surface area contributed by atoms with E-state index in [9.17, 15) is 0 Å². The number of hydrogen-bond donors (Lipinski definition) is 0. The quantitative estimate of drug-likeness (QED) is 0.513. The van der Waals surface area contributed by atoms with Crippen LogP contribution in [0.2, 0.25) is 0 Å². The van der Waals surface area contributed by atoms with Crippen LogP contribution in [0.3, 0.4) is 0 Å². The number of hydrogen-bond acceptors (Lipinski definition) is 2. The van der Waals surface area contributed by atoms with E-state index < -0.39 is 0 Å². The molecule has 0 aromatic heterocycles. The van der Waals surface area contributed by atoms with E-state index in [2.05, 4.69) is 19.6 Å². The molecule has 15 heavy (non-hydrogen) atoms. The summed E-state index contributed by atoms with van der Waals surface area (Å²) < 4.78 is 11.1. The Morgan fingerprint density at radius 1 is 1.27 bits per heavy atom. The molecule has 0 aromatic carbocycles. The summed E-state index contributed by atoms with van der Waals surface area (Å²) in [5, 5.41) is 0. The minimum absolute atomic E-state index is 0.221. The number of methoxy groups -OCH3 is 2. The van der Waals surface area contributed by atoms with E-state index in [1.807, 2.05) is 0 Å². The Labute approximate surface area is 93.7 Å². The summed E-state index contributed by atoms with van der Waals surface area (Å²) in [7, 11) is 3.49. The number of allylic oxidation sites excluding steroid dienone is 1. The second-order valence-corrected chi connectivity index (χ2v) is 4.67. The van der Waals surface area contributed by atoms with Crippen LogP contribution in [0.15, 0.2) is 12.7 Å². The molecule has 1 rings (SSSR count). The van der Waals surface area contributed by atoms with Crippen molar-refractivity contribution in [3.63, 3.8) is 0 Å². The fourth-order valence-electron chi connectivity index (χ4n) is 2.84. The van der Waals surface area contributed by atoms with Crippen molar-refractivity contribution in [1.82, 2.24) is 0 Å². The highest BCUT2D eigenvalue weighted by Gasteiger charge is 2.43. The molecule has 1 aliphatic rings. The second kappa shape index (κ2) is 5.13. The van der Waals surface area contributed by atoms with Crippen LogP contribution in [0.5, 0.6) is 0 Å². The van der Waals surface area contributed by atoms with Crippen LogP contribution in [0, 0.1) is 5.41 Å². The van der Waals surface area contributed by atoms with Crippen molar-refractivity contribution in [3.05, 3.63) is 12.7 Å². The zero-order valence-electron chi connectivity index (χ0n) is 10.3. The predicted molar refractivity (Wildman–Crippen MR) is 62.8 cm³/mol. The summed E-state index contributed by atoms with van der Waals surface area (Å²) >= 11 is 0. The summed E-state index contributed by atoms with van der Waals surface area (Å²) in [6, 6.07) is 0. The zero-order chi connectivity index (χ0) is 11.4. The van der Waals surface area contributed by atoms with E-state index in [1.54, 1.807) is 14.2 Å². The molecule has 2 nitrogen and oxygen atoms in total. The summed E-state index contributed by atoms with van der Waals surface area (Å²) in [6.45, 7) is 6.22. The molecule has 1 aliphatic carbocycles. The topological polar surface area (TPSA) is 18.5 Å². The lowest BCUT2D eigenvalue weighted by molar-refractivity contribution is -0.239. The van der Waals surface area contributed by atoms with Crippen molar-refractivity contribution in [3.8, 4) is 0 Å². The summed E-state index contributed by atoms with van der Waals surface area (Å²) in [5.41, 5.74) is 0.221. The fourth-order valence-corrected chi connectivity index (χ4v) is 2.84. The molecular weight excluding hydrogens is 188 g/mol. The Bertz CT molecular complexity index is 205. The molecule has 1 fully saturated rings. The van der Waals surface area contributed by atoms with Crippen molar-refractivity contribution in [2.45, 2.75) is 51.2 Å². The lowest BCUT2D eigenvalue weighted by atomic mass is 9.69. The van der Waals surface area contributed by atoms with Gasteiger partial charge in [-0.05, 0) is 24.7 Å². The van der Waals surface area contributed by atoms with Crippen molar-refractivity contribution in [1.29, 1.82) is 0 Å². The molecule has 0 aromatic rings. The van der Waals surface area contributed by atoms with Gasteiger partial charge in [-0.15, -0.1) is 6.58 Å². The minimum Gasteiger partial charge on any atom is -0.353 e. The van der Waals surface area contributed by atoms with Crippen molar-refractivity contribution < 1.29 is 9.47 Å². The molecule has 1 atom stereocenters. The standard InChI is InChI=1S/C13H24O2/c1-5-8-12(6-2)9-7-10-13(11-12,14-3)15-4/h6H,2,5,7-11H2,1,3-4H3/t12-/m1/s1. The Morgan fingerprint density at radius 2 is 1.93 bits per heavy atom. The van der Waals surface area contributed by atoms with Gasteiger partial charge in [0.15, 0.2) is 5.79 Å². The van der Waals surface area contributed by atoms with E-state index in [0.717, 1.165) is 19.3 Å². The van der Waals surface area contributed by atoms with E-state index in [1.165, 1.54) is 19.3 Å². The van der Waals surface area contributed by atoms with Gasteiger partial charge >= 0.3 is 0 Å². The van der Waals surface area contributed by atoms with Gasteiger partial charge in [0.05, 0.1) is 0 Å². The molecule has 0 amide bonds. The van der Waals surface area contributed by atoms with Crippen LogP contribution in [0.4, 0.5) is 0 Å². The second-order valence-electron chi connectivity index (χ2n) is 4.67. The van der Waals surface area contributed by atoms with Gasteiger partial charge in [-0.1, -0.05) is 19.4 Å². The van der Waals surface area contributed by atoms with Gasteiger partial charge in [-0.2, -0.15) is 0 Å². The van der Waals surface area contributed by atoms with Crippen LogP contribution in [-0.2, 0) is 9.47 Å². The molecule has 0 bridgehead atoms. The van der Waals surface area contributed by atoms with E-state index in [4.69, 9.17) is 9.47 Å². The fraction of sp³-hybridized carbons (Fsp3) is 0.846. The Kier molecular flexibility index (Phi) is 4.35. The number of ether oxygens (including phenoxy) is 2. The third-order valence-electron chi connectivity index (χ3n) is 3.78. The van der Waals surface area contributed by atoms with E-state index >= 15 is 0 Å². The first kappa shape index (κ1) is 12.7. The maximum atomic E-state index is 5.56. The van der Waals surface area contributed by atoms with Crippen molar-refractivity contribution >= 4 is 0 Å². The predicted octanol–water partition coefficient (Wildman–Crippen LogP) is 3.52. The molecule has 2 heteroatoms. The summed E-state index contributed by atoms with van der Waals surface area (Å²) in [5.74, 6) is -0.373. The molecule has 0 unspecified atom stereocenters. The van der Waals surface area contributed by atoms with Crippen molar-refractivity contribution in [2.24, 2.45) is 5.41 Å². The third-order valence-corrected chi connectivity index (χ3v) is 3.78. The molecule has 0 N–H and O–H groups in total. The molecule has 88 valence electrons. The molecule has 0 radical (unpaired) electrons. The molecule has 0 saturated heterocycles. The minimum atomic E-state index is -0.373. The maximum absolute atomic E-state index is 5.56. The van der Waals surface area contributed by atoms with Gasteiger partial charge in [-0.25, -0.2) is 0 Å². The largest absolute Gasteiger partial charge is 0.353 e. The van der Waals surface area contributed by atoms with Gasteiger partial charge in [0, 0.05) is 27.1 Å². The SMILES string of the molecule is C=C[C@@]1(CCC)CCCC(OC)(OC)C1. The summed E-state index contributed by atoms with van der Waals surface area (Å²) in [4.78, 5) is 0. The van der Waals surface area contributed by atoms with Gasteiger partial charge in [-0.3, -0.25) is 0 Å². The maximum Gasteiger partial charge on any atom is 0.168 e. The molecular formula is C13H24O2. The third kappa shape index (κ3) is 2.61. The van der Waals surface area contributed by atoms with Gasteiger partial charge < -0.3 is 9.47 Å². The first-order valence-electron chi connectivity index (χ1n) is 5.90. The van der Waals surface area contributed by atoms with Crippen LogP contribution in [0.1, 0.15) is 45.4 Å². The average molecular weight is 212 g/mol. The first-order chi connectivity index (χ1) is 7.16. The van der Waals surface area contributed by atoms with E-state index in [0.29, 0.717) is 0 Å². The first-order valence-corrected chi connectivity index (χ1v) is 5.90. The highest BCUT2D eigenvalue weighted by molar-refractivity contribution is 5.01. The van der Waals surface area contributed by atoms with Crippen LogP contribution in [-0.4, -0.2) is 20.0 Å². The molecule has 1 saturated carbocycles. The van der Waals surface area contributed by atoms with E-state index in [-0.39, 0.29) is 11.2 Å². The highest BCUT2D eigenvalue weighted by Crippen LogP contribution is 2.47. The van der Waals surface area contributed by atoms with Gasteiger partial charge in [0.2, 0.25) is 0 Å². The Morgan fingerprint density at radius 3 is 2.40 bits per heavy atom. The Hall–Kier alpha value is -0.340. The van der Waals surface area contributed by atoms with Crippen molar-refractivity contribution in [2.75, 3.05) is 14.2 Å². The molecule has 0 aliphatic heterocycles. The smallest absolute Gasteiger partial charge is 0.168 e. The highest BCUT2D eigenvalue weighted by atomic mass is 16.7. The monoisotopic (exact) mass is 212 g/mol. The van der Waals surface area contributed by atoms with Gasteiger partial charge in [0.1, 0.15) is 0 Å². The number of rotatable bonds is 5. The normalized spacial score (nSPS) is 30.1. The lowest BCUT2D eigenvalue weighted by Crippen LogP contribution is -2.43. The molecule has 0 spiro atoms. The average Bonchev–Trinajstić information content (AvgIpc) is 2.29. The lowest BCUT2D eigenvalue weighted by Gasteiger charge is -2.45. The van der Waals surface area contributed by atoms with Crippen LogP contribution in [0.25, 0.3) is 0 Å². The zero-order valence-corrected chi connectivity index (χ0v) is 10.3. The Balaban J connectivity index is 2.79. The van der Waals surface area contributed by atoms with Crippen LogP contribution >= 0.6 is 0 Å². The van der Waals surface area contributed by atoms with Crippen LogP contribution < -0.4 is 0 Å². The molecule has 0 heterocycles.